The SMILES string of the molecule is c1ccc(-c2ccc(N(c3cccc(-c4ccccc4)c3)c3ccc4cc(-c5ccc6c7ccccc7n(-c7ccccc7)c6c5)c5oc6ccccc6c5c4c3)cc2)cc1. The van der Waals surface area contributed by atoms with E-state index in [1.165, 1.54) is 38.5 Å². The van der Waals surface area contributed by atoms with E-state index < -0.39 is 0 Å². The highest BCUT2D eigenvalue weighted by molar-refractivity contribution is 6.23. The van der Waals surface area contributed by atoms with E-state index in [0.717, 1.165) is 72.1 Å². The summed E-state index contributed by atoms with van der Waals surface area (Å²) in [5.74, 6) is 0. The summed E-state index contributed by atoms with van der Waals surface area (Å²) in [6, 6.07) is 82.8. The maximum Gasteiger partial charge on any atom is 0.143 e. The van der Waals surface area contributed by atoms with Crippen molar-refractivity contribution < 1.29 is 4.42 Å². The molecule has 0 atom stereocenters. The first-order valence-corrected chi connectivity index (χ1v) is 20.8. The van der Waals surface area contributed by atoms with E-state index in [9.17, 15) is 0 Å². The van der Waals surface area contributed by atoms with Crippen LogP contribution in [0.5, 0.6) is 0 Å². The topological polar surface area (TPSA) is 21.3 Å². The largest absolute Gasteiger partial charge is 0.455 e. The zero-order valence-electron chi connectivity index (χ0n) is 33.2. The second-order valence-corrected chi connectivity index (χ2v) is 15.7. The second kappa shape index (κ2) is 14.3. The van der Waals surface area contributed by atoms with Crippen LogP contribution in [0.1, 0.15) is 0 Å². The van der Waals surface area contributed by atoms with Crippen molar-refractivity contribution in [2.24, 2.45) is 0 Å². The lowest BCUT2D eigenvalue weighted by Crippen LogP contribution is -2.10. The number of aromatic nitrogens is 1. The van der Waals surface area contributed by atoms with Crippen molar-refractivity contribution in [2.75, 3.05) is 4.90 Å². The molecule has 286 valence electrons. The molecule has 12 rings (SSSR count). The second-order valence-electron chi connectivity index (χ2n) is 15.7. The minimum Gasteiger partial charge on any atom is -0.455 e. The number of rotatable bonds is 7. The molecule has 0 saturated carbocycles. The summed E-state index contributed by atoms with van der Waals surface area (Å²) in [5.41, 5.74) is 15.4. The Bertz CT molecular complexity index is 3570. The van der Waals surface area contributed by atoms with Crippen molar-refractivity contribution in [1.29, 1.82) is 0 Å². The highest BCUT2D eigenvalue weighted by Crippen LogP contribution is 2.45. The molecular weight excluding hydrogens is 741 g/mol. The molecule has 0 radical (unpaired) electrons. The predicted octanol–water partition coefficient (Wildman–Crippen LogP) is 16.3. The molecule has 0 saturated heterocycles. The smallest absolute Gasteiger partial charge is 0.143 e. The third-order valence-electron chi connectivity index (χ3n) is 12.1. The number of furan rings is 1. The Labute approximate surface area is 353 Å². The summed E-state index contributed by atoms with van der Waals surface area (Å²) in [6.45, 7) is 0. The molecule has 0 spiro atoms. The van der Waals surface area contributed by atoms with E-state index in [1.807, 2.05) is 0 Å². The third-order valence-corrected chi connectivity index (χ3v) is 12.1. The summed E-state index contributed by atoms with van der Waals surface area (Å²) < 4.78 is 9.28. The van der Waals surface area contributed by atoms with Crippen LogP contribution >= 0.6 is 0 Å². The van der Waals surface area contributed by atoms with Gasteiger partial charge < -0.3 is 13.9 Å². The van der Waals surface area contributed by atoms with Crippen molar-refractivity contribution in [2.45, 2.75) is 0 Å². The lowest BCUT2D eigenvalue weighted by molar-refractivity contribution is 0.670. The molecule has 0 bridgehead atoms. The molecule has 2 aromatic heterocycles. The molecule has 0 aliphatic carbocycles. The van der Waals surface area contributed by atoms with Gasteiger partial charge in [0.1, 0.15) is 11.2 Å². The molecule has 2 heterocycles. The van der Waals surface area contributed by atoms with E-state index in [4.69, 9.17) is 4.42 Å². The summed E-state index contributed by atoms with van der Waals surface area (Å²) in [4.78, 5) is 2.37. The van der Waals surface area contributed by atoms with Gasteiger partial charge in [0.2, 0.25) is 0 Å². The lowest BCUT2D eigenvalue weighted by atomic mass is 9.95. The maximum atomic E-state index is 6.90. The fourth-order valence-electron chi connectivity index (χ4n) is 9.29. The third kappa shape index (κ3) is 5.90. The molecule has 0 aliphatic heterocycles. The number of para-hydroxylation sites is 3. The van der Waals surface area contributed by atoms with Gasteiger partial charge in [-0.2, -0.15) is 0 Å². The number of nitrogens with zero attached hydrogens (tertiary/aromatic N) is 2. The Morgan fingerprint density at radius 1 is 0.344 bits per heavy atom. The van der Waals surface area contributed by atoms with Gasteiger partial charge in [-0.1, -0.05) is 158 Å². The van der Waals surface area contributed by atoms with E-state index in [1.54, 1.807) is 0 Å². The Morgan fingerprint density at radius 2 is 0.934 bits per heavy atom. The van der Waals surface area contributed by atoms with Crippen LogP contribution in [0.4, 0.5) is 17.1 Å². The van der Waals surface area contributed by atoms with Gasteiger partial charge >= 0.3 is 0 Å². The maximum absolute atomic E-state index is 6.90. The van der Waals surface area contributed by atoms with Gasteiger partial charge in [-0.15, -0.1) is 0 Å². The van der Waals surface area contributed by atoms with Crippen molar-refractivity contribution in [3.05, 3.63) is 231 Å². The first-order chi connectivity index (χ1) is 30.2. The molecule has 3 heteroatoms. The molecule has 0 fully saturated rings. The van der Waals surface area contributed by atoms with Crippen LogP contribution in [0.15, 0.2) is 235 Å². The number of benzene rings is 10. The van der Waals surface area contributed by atoms with Crippen molar-refractivity contribution in [3.8, 4) is 39.1 Å². The number of fused-ring (bicyclic) bond motifs is 8. The summed E-state index contributed by atoms with van der Waals surface area (Å²) >= 11 is 0. The van der Waals surface area contributed by atoms with Crippen LogP contribution in [0.25, 0.3) is 93.6 Å². The summed E-state index contributed by atoms with van der Waals surface area (Å²) in [5, 5.41) is 6.98. The van der Waals surface area contributed by atoms with Gasteiger partial charge in [-0.3, -0.25) is 0 Å². The van der Waals surface area contributed by atoms with Crippen LogP contribution in [-0.2, 0) is 0 Å². The van der Waals surface area contributed by atoms with E-state index >= 15 is 0 Å². The molecule has 3 nitrogen and oxygen atoms in total. The summed E-state index contributed by atoms with van der Waals surface area (Å²) in [6.07, 6.45) is 0. The van der Waals surface area contributed by atoms with E-state index in [-0.39, 0.29) is 0 Å². The first kappa shape index (κ1) is 34.9. The standard InChI is InChI=1S/C58H38N2O/c1-4-15-39(16-5-1)41-27-31-46(32-28-41)59(47-22-14-19-42(35-47)40-17-6-2-7-18-40)48-33-29-43-36-53(58-57(52(43)38-48)51-24-11-13-26-56(51)61-58)44-30-34-50-49-23-10-12-25-54(49)60(55(50)37-44)45-20-8-3-9-21-45/h1-38H. The van der Waals surface area contributed by atoms with Crippen molar-refractivity contribution in [1.82, 2.24) is 4.57 Å². The highest BCUT2D eigenvalue weighted by atomic mass is 16.3. The highest BCUT2D eigenvalue weighted by Gasteiger charge is 2.21. The molecule has 61 heavy (non-hydrogen) atoms. The van der Waals surface area contributed by atoms with Crippen molar-refractivity contribution in [3.63, 3.8) is 0 Å². The molecular formula is C58H38N2O. The van der Waals surface area contributed by atoms with Crippen LogP contribution in [-0.4, -0.2) is 4.57 Å². The Kier molecular flexibility index (Phi) is 8.17. The van der Waals surface area contributed by atoms with E-state index in [0.29, 0.717) is 0 Å². The monoisotopic (exact) mass is 778 g/mol. The average Bonchev–Trinajstić information content (AvgIpc) is 3.89. The molecule has 0 unspecified atom stereocenters. The quantitative estimate of drug-likeness (QED) is 0.161. The van der Waals surface area contributed by atoms with Crippen LogP contribution in [0.3, 0.4) is 0 Å². The lowest BCUT2D eigenvalue weighted by Gasteiger charge is -2.27. The number of hydrogen-bond acceptors (Lipinski definition) is 2. The van der Waals surface area contributed by atoms with Gasteiger partial charge in [0.05, 0.1) is 11.0 Å². The van der Waals surface area contributed by atoms with Gasteiger partial charge in [0, 0.05) is 49.9 Å². The normalized spacial score (nSPS) is 11.6. The molecule has 10 aromatic carbocycles. The number of anilines is 3. The van der Waals surface area contributed by atoms with Gasteiger partial charge in [-0.25, -0.2) is 0 Å². The van der Waals surface area contributed by atoms with Crippen LogP contribution in [0, 0.1) is 0 Å². The molecule has 0 amide bonds. The number of hydrogen-bond donors (Lipinski definition) is 0. The minimum atomic E-state index is 0.875. The predicted molar refractivity (Wildman–Crippen MR) is 257 cm³/mol. The fourth-order valence-corrected chi connectivity index (χ4v) is 9.29. The van der Waals surface area contributed by atoms with Crippen molar-refractivity contribution >= 4 is 71.6 Å². The Morgan fingerprint density at radius 3 is 1.72 bits per heavy atom. The van der Waals surface area contributed by atoms with Gasteiger partial charge in [-0.05, 0) is 111 Å². The first-order valence-electron chi connectivity index (χ1n) is 20.8. The Balaban J connectivity index is 1.07. The zero-order valence-corrected chi connectivity index (χ0v) is 33.2. The molecule has 0 aliphatic rings. The van der Waals surface area contributed by atoms with E-state index in [2.05, 4.69) is 240 Å². The van der Waals surface area contributed by atoms with Crippen LogP contribution in [0.2, 0.25) is 0 Å². The van der Waals surface area contributed by atoms with Gasteiger partial charge in [0.15, 0.2) is 0 Å². The minimum absolute atomic E-state index is 0.875. The summed E-state index contributed by atoms with van der Waals surface area (Å²) in [7, 11) is 0. The average molecular weight is 779 g/mol. The Hall–Kier alpha value is -8.14. The zero-order chi connectivity index (χ0) is 40.3. The fraction of sp³-hybridized carbons (Fsp3) is 0. The molecule has 0 N–H and O–H groups in total. The van der Waals surface area contributed by atoms with Gasteiger partial charge in [0.25, 0.3) is 0 Å². The molecule has 12 aromatic rings. The van der Waals surface area contributed by atoms with Crippen LogP contribution < -0.4 is 4.90 Å².